The molecule has 0 saturated carbocycles. The molecule has 0 radical (unpaired) electrons. The number of hydrogen-bond donors (Lipinski definition) is 1. The first-order chi connectivity index (χ1) is 14.2. The van der Waals surface area contributed by atoms with Crippen molar-refractivity contribution < 1.29 is 4.79 Å². The number of benzene rings is 2. The molecule has 2 heterocycles. The number of urea groups is 1. The maximum atomic E-state index is 12.5. The van der Waals surface area contributed by atoms with E-state index in [9.17, 15) is 4.79 Å². The zero-order chi connectivity index (χ0) is 20.1. The van der Waals surface area contributed by atoms with Gasteiger partial charge in [0, 0.05) is 26.1 Å². The van der Waals surface area contributed by atoms with E-state index in [1.807, 2.05) is 23.1 Å². The van der Waals surface area contributed by atoms with Crippen molar-refractivity contribution >= 4 is 6.03 Å². The summed E-state index contributed by atoms with van der Waals surface area (Å²) in [6.45, 7) is 4.95. The van der Waals surface area contributed by atoms with Gasteiger partial charge < -0.3 is 14.8 Å². The minimum absolute atomic E-state index is 0.0128. The van der Waals surface area contributed by atoms with Gasteiger partial charge in [0.25, 0.3) is 0 Å². The van der Waals surface area contributed by atoms with Crippen molar-refractivity contribution in [1.29, 1.82) is 0 Å². The van der Waals surface area contributed by atoms with Gasteiger partial charge in [-0.3, -0.25) is 0 Å². The molecule has 0 bridgehead atoms. The first-order valence-corrected chi connectivity index (χ1v) is 10.2. The number of aromatic nitrogens is 3. The van der Waals surface area contributed by atoms with E-state index >= 15 is 0 Å². The monoisotopic (exact) mass is 389 g/mol. The summed E-state index contributed by atoms with van der Waals surface area (Å²) in [5, 5.41) is 11.5. The lowest BCUT2D eigenvalue weighted by atomic mass is 10.0. The zero-order valence-corrected chi connectivity index (χ0v) is 16.8. The predicted octanol–water partition coefficient (Wildman–Crippen LogP) is 3.41. The topological polar surface area (TPSA) is 63.1 Å². The largest absolute Gasteiger partial charge is 0.334 e. The van der Waals surface area contributed by atoms with Gasteiger partial charge in [0.2, 0.25) is 0 Å². The van der Waals surface area contributed by atoms with Crippen LogP contribution in [0.1, 0.15) is 28.9 Å². The van der Waals surface area contributed by atoms with Gasteiger partial charge in [-0.25, -0.2) is 4.79 Å². The lowest BCUT2D eigenvalue weighted by Crippen LogP contribution is -2.38. The highest BCUT2D eigenvalue weighted by Gasteiger charge is 2.27. The number of amides is 2. The third-order valence-electron chi connectivity index (χ3n) is 5.50. The molecule has 1 aromatic heterocycles. The number of rotatable bonds is 6. The Morgan fingerprint density at radius 3 is 2.69 bits per heavy atom. The molecule has 4 rings (SSSR count). The lowest BCUT2D eigenvalue weighted by molar-refractivity contribution is 0.206. The van der Waals surface area contributed by atoms with E-state index in [0.29, 0.717) is 12.5 Å². The summed E-state index contributed by atoms with van der Waals surface area (Å²) in [5.41, 5.74) is 3.58. The summed E-state index contributed by atoms with van der Waals surface area (Å²) in [4.78, 5) is 14.4. The Morgan fingerprint density at radius 2 is 1.90 bits per heavy atom. The highest BCUT2D eigenvalue weighted by Crippen LogP contribution is 2.20. The van der Waals surface area contributed by atoms with Gasteiger partial charge in [0.15, 0.2) is 0 Å². The number of hydrogen-bond acceptors (Lipinski definition) is 3. The Bertz CT molecular complexity index is 935. The molecule has 1 atom stereocenters. The fourth-order valence-electron chi connectivity index (χ4n) is 3.79. The minimum Gasteiger partial charge on any atom is -0.334 e. The Balaban J connectivity index is 1.28. The van der Waals surface area contributed by atoms with Crippen LogP contribution in [0, 0.1) is 12.8 Å². The molecule has 0 aliphatic carbocycles. The molecule has 29 heavy (non-hydrogen) atoms. The number of nitrogens with one attached hydrogen (secondary N) is 1. The summed E-state index contributed by atoms with van der Waals surface area (Å²) in [7, 11) is 0. The summed E-state index contributed by atoms with van der Waals surface area (Å²) in [6.07, 6.45) is 3.63. The van der Waals surface area contributed by atoms with Crippen LogP contribution in [0.2, 0.25) is 0 Å². The van der Waals surface area contributed by atoms with E-state index in [0.717, 1.165) is 43.9 Å². The van der Waals surface area contributed by atoms with Crippen LogP contribution >= 0.6 is 0 Å². The Morgan fingerprint density at radius 1 is 1.10 bits per heavy atom. The molecule has 1 saturated heterocycles. The second-order valence-corrected chi connectivity index (χ2v) is 7.81. The highest BCUT2D eigenvalue weighted by atomic mass is 16.2. The van der Waals surface area contributed by atoms with Gasteiger partial charge in [0.1, 0.15) is 12.2 Å². The van der Waals surface area contributed by atoms with E-state index in [-0.39, 0.29) is 6.03 Å². The maximum absolute atomic E-state index is 12.5. The number of aryl methyl sites for hydroxylation is 1. The molecule has 150 valence electrons. The molecule has 1 aliphatic heterocycles. The van der Waals surface area contributed by atoms with Crippen molar-refractivity contribution in [2.24, 2.45) is 5.92 Å². The molecule has 1 unspecified atom stereocenters. The van der Waals surface area contributed by atoms with E-state index in [2.05, 4.69) is 63.4 Å². The molecule has 1 fully saturated rings. The number of carbonyl (C=O) groups excluding carboxylic acids is 1. The lowest BCUT2D eigenvalue weighted by Gasteiger charge is -2.17. The molecule has 0 spiro atoms. The Hall–Kier alpha value is -3.15. The third kappa shape index (κ3) is 5.02. The molecular formula is C23H27N5O. The molecule has 2 amide bonds. The molecule has 2 aromatic carbocycles. The van der Waals surface area contributed by atoms with Gasteiger partial charge >= 0.3 is 6.03 Å². The van der Waals surface area contributed by atoms with Crippen LogP contribution in [-0.2, 0) is 19.5 Å². The maximum Gasteiger partial charge on any atom is 0.317 e. The number of carbonyl (C=O) groups is 1. The smallest absolute Gasteiger partial charge is 0.317 e. The Labute approximate surface area is 171 Å². The van der Waals surface area contributed by atoms with Crippen molar-refractivity contribution in [3.8, 4) is 0 Å². The molecule has 3 aromatic rings. The first kappa shape index (κ1) is 19.2. The second kappa shape index (κ2) is 8.90. The van der Waals surface area contributed by atoms with Gasteiger partial charge in [-0.2, -0.15) is 0 Å². The van der Waals surface area contributed by atoms with Crippen LogP contribution < -0.4 is 5.32 Å². The molecule has 6 nitrogen and oxygen atoms in total. The van der Waals surface area contributed by atoms with Crippen molar-refractivity contribution in [2.45, 2.75) is 32.9 Å². The van der Waals surface area contributed by atoms with Crippen molar-refractivity contribution in [1.82, 2.24) is 25.0 Å². The van der Waals surface area contributed by atoms with E-state index < -0.39 is 0 Å². The number of likely N-dealkylation sites (tertiary alicyclic amines) is 1. The van der Waals surface area contributed by atoms with Gasteiger partial charge in [-0.1, -0.05) is 60.2 Å². The fourth-order valence-corrected chi connectivity index (χ4v) is 3.79. The van der Waals surface area contributed by atoms with Gasteiger partial charge in [-0.15, -0.1) is 10.2 Å². The SMILES string of the molecule is Cc1ccc(CNC(=O)N2CCC(Cc3nncn3Cc3ccccc3)C2)cc1. The summed E-state index contributed by atoms with van der Waals surface area (Å²) in [5.74, 6) is 1.40. The van der Waals surface area contributed by atoms with Crippen LogP contribution in [0.15, 0.2) is 60.9 Å². The zero-order valence-electron chi connectivity index (χ0n) is 16.8. The molecule has 1 N–H and O–H groups in total. The van der Waals surface area contributed by atoms with E-state index in [1.165, 1.54) is 11.1 Å². The van der Waals surface area contributed by atoms with Gasteiger partial charge in [0.05, 0.1) is 6.54 Å². The van der Waals surface area contributed by atoms with Crippen LogP contribution in [0.25, 0.3) is 0 Å². The molecule has 1 aliphatic rings. The number of nitrogens with zero attached hydrogens (tertiary/aromatic N) is 4. The van der Waals surface area contributed by atoms with Crippen molar-refractivity contribution in [2.75, 3.05) is 13.1 Å². The third-order valence-corrected chi connectivity index (χ3v) is 5.50. The molecule has 6 heteroatoms. The first-order valence-electron chi connectivity index (χ1n) is 10.2. The van der Waals surface area contributed by atoms with E-state index in [1.54, 1.807) is 6.33 Å². The summed E-state index contributed by atoms with van der Waals surface area (Å²) < 4.78 is 2.11. The average molecular weight is 390 g/mol. The van der Waals surface area contributed by atoms with Crippen LogP contribution in [0.5, 0.6) is 0 Å². The Kier molecular flexibility index (Phi) is 5.89. The van der Waals surface area contributed by atoms with Crippen LogP contribution in [-0.4, -0.2) is 38.8 Å². The quantitative estimate of drug-likeness (QED) is 0.703. The predicted molar refractivity (Wildman–Crippen MR) is 112 cm³/mol. The molecular weight excluding hydrogens is 362 g/mol. The minimum atomic E-state index is 0.0128. The van der Waals surface area contributed by atoms with E-state index in [4.69, 9.17) is 0 Å². The fraction of sp³-hybridized carbons (Fsp3) is 0.348. The van der Waals surface area contributed by atoms with Crippen LogP contribution in [0.4, 0.5) is 4.79 Å². The summed E-state index contributed by atoms with van der Waals surface area (Å²) >= 11 is 0. The standard InChI is InChI=1S/C23H27N5O/c1-18-7-9-19(10-8-18)14-24-23(29)27-12-11-21(16-27)13-22-26-25-17-28(22)15-20-5-3-2-4-6-20/h2-10,17,21H,11-16H2,1H3,(H,24,29). The van der Waals surface area contributed by atoms with Crippen molar-refractivity contribution in [3.05, 3.63) is 83.4 Å². The average Bonchev–Trinajstić information content (AvgIpc) is 3.38. The second-order valence-electron chi connectivity index (χ2n) is 7.81. The van der Waals surface area contributed by atoms with Gasteiger partial charge in [-0.05, 0) is 30.4 Å². The van der Waals surface area contributed by atoms with Crippen molar-refractivity contribution in [3.63, 3.8) is 0 Å². The van der Waals surface area contributed by atoms with Crippen LogP contribution in [0.3, 0.4) is 0 Å². The summed E-state index contributed by atoms with van der Waals surface area (Å²) in [6, 6.07) is 18.6. The normalized spacial score (nSPS) is 16.2. The highest BCUT2D eigenvalue weighted by molar-refractivity contribution is 5.74.